The van der Waals surface area contributed by atoms with Gasteiger partial charge in [0.05, 0.1) is 28.9 Å². The zero-order valence-corrected chi connectivity index (χ0v) is 14.6. The lowest BCUT2D eigenvalue weighted by Gasteiger charge is -2.15. The largest absolute Gasteiger partial charge is 0.768 e. The summed E-state index contributed by atoms with van der Waals surface area (Å²) in [6.07, 6.45) is -3.45. The Bertz CT molecular complexity index is 1030. The zero-order valence-electron chi connectivity index (χ0n) is 13.0. The van der Waals surface area contributed by atoms with Crippen LogP contribution in [0.15, 0.2) is 41.6 Å². The van der Waals surface area contributed by atoms with E-state index in [0.29, 0.717) is 10.9 Å². The molecule has 0 fully saturated rings. The molecule has 0 aliphatic rings. The third-order valence-corrected chi connectivity index (χ3v) is 4.60. The number of hydrogen-bond donors (Lipinski definition) is 0. The van der Waals surface area contributed by atoms with Gasteiger partial charge in [-0.25, -0.2) is 9.97 Å². The summed E-state index contributed by atoms with van der Waals surface area (Å²) < 4.78 is 66.4. The lowest BCUT2D eigenvalue weighted by Crippen LogP contribution is -2.07. The number of nitrogens with zero attached hydrogens (tertiary/aromatic N) is 2. The molecular formula is C16H9ClF3N2O3S-. The van der Waals surface area contributed by atoms with Gasteiger partial charge in [-0.15, -0.1) is 0 Å². The molecular weight excluding hydrogens is 393 g/mol. The van der Waals surface area contributed by atoms with Crippen molar-refractivity contribution in [3.05, 3.63) is 47.2 Å². The van der Waals surface area contributed by atoms with Gasteiger partial charge in [0.15, 0.2) is 0 Å². The van der Waals surface area contributed by atoms with E-state index in [4.69, 9.17) is 16.3 Å². The van der Waals surface area contributed by atoms with E-state index < -0.39 is 27.8 Å². The van der Waals surface area contributed by atoms with Gasteiger partial charge >= 0.3 is 6.18 Å². The molecule has 3 aromatic rings. The van der Waals surface area contributed by atoms with Crippen LogP contribution in [0.2, 0.25) is 5.02 Å². The Labute approximate surface area is 153 Å². The minimum atomic E-state index is -4.64. The Balaban J connectivity index is 2.26. The van der Waals surface area contributed by atoms with Crippen molar-refractivity contribution < 1.29 is 26.7 Å². The van der Waals surface area contributed by atoms with Gasteiger partial charge in [0, 0.05) is 15.8 Å². The summed E-state index contributed by atoms with van der Waals surface area (Å²) in [7, 11) is 1.23. The predicted octanol–water partition coefficient (Wildman–Crippen LogP) is 4.22. The summed E-state index contributed by atoms with van der Waals surface area (Å²) >= 11 is 3.37. The molecule has 3 rings (SSSR count). The fourth-order valence-corrected chi connectivity index (χ4v) is 3.14. The van der Waals surface area contributed by atoms with E-state index in [-0.39, 0.29) is 21.9 Å². The van der Waals surface area contributed by atoms with Crippen LogP contribution >= 0.6 is 11.6 Å². The Kier molecular flexibility index (Phi) is 4.87. The molecule has 0 radical (unpaired) electrons. The van der Waals surface area contributed by atoms with Gasteiger partial charge in [0.2, 0.25) is 0 Å². The summed E-state index contributed by atoms with van der Waals surface area (Å²) in [6.45, 7) is 0. The lowest BCUT2D eigenvalue weighted by molar-refractivity contribution is -0.137. The number of rotatable bonds is 3. The molecule has 1 atom stereocenters. The second-order valence-electron chi connectivity index (χ2n) is 5.17. The summed E-state index contributed by atoms with van der Waals surface area (Å²) in [4.78, 5) is 8.14. The fraction of sp³-hybridized carbons (Fsp3) is 0.125. The molecule has 0 bridgehead atoms. The highest BCUT2D eigenvalue weighted by atomic mass is 35.5. The van der Waals surface area contributed by atoms with Crippen molar-refractivity contribution in [1.29, 1.82) is 0 Å². The third kappa shape index (κ3) is 3.37. The van der Waals surface area contributed by atoms with Crippen molar-refractivity contribution >= 4 is 33.6 Å². The minimum absolute atomic E-state index is 0.0274. The zero-order chi connectivity index (χ0) is 19.1. The van der Waals surface area contributed by atoms with Gasteiger partial charge < -0.3 is 9.29 Å². The SMILES string of the molecule is COc1cc(C(F)(F)F)c(Cl)cc1-c1ncnc2cc(S(=O)[O-])ccc12. The molecule has 2 aromatic carbocycles. The van der Waals surface area contributed by atoms with E-state index in [1.165, 1.54) is 31.6 Å². The first-order valence-corrected chi connectivity index (χ1v) is 8.46. The number of benzene rings is 2. The van der Waals surface area contributed by atoms with Crippen LogP contribution in [-0.4, -0.2) is 25.8 Å². The van der Waals surface area contributed by atoms with Crippen LogP contribution in [0.4, 0.5) is 13.2 Å². The summed E-state index contributed by atoms with van der Waals surface area (Å²) in [6, 6.07) is 6.07. The summed E-state index contributed by atoms with van der Waals surface area (Å²) in [5, 5.41) is -0.0619. The normalized spacial score (nSPS) is 13.0. The van der Waals surface area contributed by atoms with Crippen molar-refractivity contribution in [2.45, 2.75) is 11.1 Å². The fourth-order valence-electron chi connectivity index (χ4n) is 2.48. The average Bonchev–Trinajstić information content (AvgIpc) is 2.59. The number of aromatic nitrogens is 2. The van der Waals surface area contributed by atoms with Crippen LogP contribution in [0.25, 0.3) is 22.2 Å². The second-order valence-corrected chi connectivity index (χ2v) is 6.51. The Morgan fingerprint density at radius 3 is 2.54 bits per heavy atom. The number of fused-ring (bicyclic) bond motifs is 1. The monoisotopic (exact) mass is 401 g/mol. The first-order chi connectivity index (χ1) is 12.2. The molecule has 1 heterocycles. The summed E-state index contributed by atoms with van der Waals surface area (Å²) in [5.41, 5.74) is -0.212. The molecule has 10 heteroatoms. The molecule has 0 N–H and O–H groups in total. The van der Waals surface area contributed by atoms with Crippen molar-refractivity contribution in [3.8, 4) is 17.0 Å². The predicted molar refractivity (Wildman–Crippen MR) is 88.7 cm³/mol. The molecule has 0 saturated carbocycles. The van der Waals surface area contributed by atoms with Gasteiger partial charge in [-0.2, -0.15) is 13.2 Å². The van der Waals surface area contributed by atoms with Gasteiger partial charge in [0.25, 0.3) is 0 Å². The van der Waals surface area contributed by atoms with Crippen molar-refractivity contribution in [2.75, 3.05) is 7.11 Å². The van der Waals surface area contributed by atoms with Crippen molar-refractivity contribution in [1.82, 2.24) is 9.97 Å². The van der Waals surface area contributed by atoms with Crippen LogP contribution in [0.5, 0.6) is 5.75 Å². The van der Waals surface area contributed by atoms with Crippen LogP contribution in [0, 0.1) is 0 Å². The molecule has 0 aliphatic carbocycles. The highest BCUT2D eigenvalue weighted by molar-refractivity contribution is 7.79. The van der Waals surface area contributed by atoms with E-state index >= 15 is 0 Å². The smallest absolute Gasteiger partial charge is 0.417 e. The molecule has 1 unspecified atom stereocenters. The standard InChI is InChI=1S/C16H10ClF3N2O3S/c1-25-14-6-11(16(18,19)20)12(17)5-10(14)15-9-3-2-8(26(23)24)4-13(9)21-7-22-15/h2-7H,1H3,(H,23,24)/p-1. The molecule has 0 aliphatic heterocycles. The van der Waals surface area contributed by atoms with Gasteiger partial charge in [0.1, 0.15) is 12.1 Å². The molecule has 1 aromatic heterocycles. The van der Waals surface area contributed by atoms with E-state index in [1.807, 2.05) is 0 Å². The minimum Gasteiger partial charge on any atom is -0.768 e. The molecule has 0 saturated heterocycles. The van der Waals surface area contributed by atoms with Crippen LogP contribution in [0.1, 0.15) is 5.56 Å². The van der Waals surface area contributed by atoms with Crippen molar-refractivity contribution in [2.24, 2.45) is 0 Å². The lowest BCUT2D eigenvalue weighted by atomic mass is 10.0. The molecule has 0 spiro atoms. The van der Waals surface area contributed by atoms with Gasteiger partial charge in [-0.05, 0) is 41.4 Å². The van der Waals surface area contributed by atoms with E-state index in [9.17, 15) is 21.9 Å². The summed E-state index contributed by atoms with van der Waals surface area (Å²) in [5.74, 6) is -0.0711. The maximum Gasteiger partial charge on any atom is 0.417 e. The maximum absolute atomic E-state index is 13.0. The van der Waals surface area contributed by atoms with Gasteiger partial charge in [-0.3, -0.25) is 4.21 Å². The highest BCUT2D eigenvalue weighted by Gasteiger charge is 2.34. The van der Waals surface area contributed by atoms with Gasteiger partial charge in [-0.1, -0.05) is 11.6 Å². The van der Waals surface area contributed by atoms with Crippen LogP contribution in [-0.2, 0) is 17.3 Å². The highest BCUT2D eigenvalue weighted by Crippen LogP contribution is 2.42. The van der Waals surface area contributed by atoms with Crippen LogP contribution < -0.4 is 4.74 Å². The molecule has 26 heavy (non-hydrogen) atoms. The number of halogens is 4. The van der Waals surface area contributed by atoms with Crippen molar-refractivity contribution in [3.63, 3.8) is 0 Å². The number of alkyl halides is 3. The topological polar surface area (TPSA) is 75.1 Å². The van der Waals surface area contributed by atoms with E-state index in [0.717, 1.165) is 12.1 Å². The Morgan fingerprint density at radius 2 is 1.92 bits per heavy atom. The molecule has 136 valence electrons. The molecule has 5 nitrogen and oxygen atoms in total. The van der Waals surface area contributed by atoms with E-state index in [1.54, 1.807) is 0 Å². The number of ether oxygens (including phenoxy) is 1. The first-order valence-electron chi connectivity index (χ1n) is 7.01. The first kappa shape index (κ1) is 18.6. The Hall–Kier alpha value is -2.23. The van der Waals surface area contributed by atoms with E-state index in [2.05, 4.69) is 9.97 Å². The number of hydrogen-bond acceptors (Lipinski definition) is 5. The van der Waals surface area contributed by atoms with Crippen LogP contribution in [0.3, 0.4) is 0 Å². The quantitative estimate of drug-likeness (QED) is 0.614. The molecule has 0 amide bonds. The average molecular weight is 402 g/mol. The number of methoxy groups -OCH3 is 1. The third-order valence-electron chi connectivity index (χ3n) is 3.65. The Morgan fingerprint density at radius 1 is 1.19 bits per heavy atom. The maximum atomic E-state index is 13.0. The second kappa shape index (κ2) is 6.82.